The number of unbranched alkanes of at least 4 members (excludes halogenated alkanes) is 2. The smallest absolute Gasteiger partial charge is 0.407 e. The predicted octanol–water partition coefficient (Wildman–Crippen LogP) is 2.72. The van der Waals surface area contributed by atoms with Crippen molar-refractivity contribution in [3.05, 3.63) is 0 Å². The average molecular weight is 384 g/mol. The molecule has 27 heavy (non-hydrogen) atoms. The summed E-state index contributed by atoms with van der Waals surface area (Å²) < 4.78 is 5.20. The Hall–Kier alpha value is -1.50. The van der Waals surface area contributed by atoms with Crippen LogP contribution in [-0.4, -0.2) is 68.9 Å². The van der Waals surface area contributed by atoms with Crippen molar-refractivity contribution >= 4 is 12.1 Å². The molecule has 7 heteroatoms. The maximum absolute atomic E-state index is 11.5. The highest BCUT2D eigenvalue weighted by atomic mass is 16.6. The number of carbonyl (C=O) groups is 1. The number of hydrogen-bond acceptors (Lipinski definition) is 4. The van der Waals surface area contributed by atoms with E-state index in [4.69, 9.17) is 4.74 Å². The van der Waals surface area contributed by atoms with Gasteiger partial charge < -0.3 is 25.6 Å². The summed E-state index contributed by atoms with van der Waals surface area (Å²) in [4.78, 5) is 18.4. The molecule has 0 aliphatic carbocycles. The van der Waals surface area contributed by atoms with Gasteiger partial charge in [-0.25, -0.2) is 4.79 Å². The van der Waals surface area contributed by atoms with E-state index in [-0.39, 0.29) is 6.09 Å². The van der Waals surface area contributed by atoms with E-state index in [0.717, 1.165) is 31.9 Å². The van der Waals surface area contributed by atoms with Gasteiger partial charge in [0.25, 0.3) is 0 Å². The van der Waals surface area contributed by atoms with Crippen LogP contribution in [0.25, 0.3) is 0 Å². The Bertz CT molecular complexity index is 429. The van der Waals surface area contributed by atoms with Crippen LogP contribution >= 0.6 is 0 Å². The molecule has 1 heterocycles. The number of carbonyl (C=O) groups excluding carboxylic acids is 1. The Kier molecular flexibility index (Phi) is 11.9. The van der Waals surface area contributed by atoms with Crippen LogP contribution in [-0.2, 0) is 4.74 Å². The van der Waals surface area contributed by atoms with Gasteiger partial charge >= 0.3 is 6.09 Å². The van der Waals surface area contributed by atoms with Crippen LogP contribution in [0.5, 0.6) is 0 Å². The second kappa shape index (κ2) is 13.6. The van der Waals surface area contributed by atoms with Crippen LogP contribution in [0.15, 0.2) is 4.99 Å². The largest absolute Gasteiger partial charge is 0.444 e. The standard InChI is InChI=1S/C20H41N5O2/c1-20(2,3)27-19(26)24-14-11-13-23-18(21-4)22-12-7-5-8-15-25-16-9-6-10-17-25/h5-17H2,1-4H3,(H,24,26)(H2,21,22,23). The molecule has 1 fully saturated rings. The normalized spacial score (nSPS) is 16.1. The van der Waals surface area contributed by atoms with Crippen molar-refractivity contribution in [2.75, 3.05) is 46.3 Å². The summed E-state index contributed by atoms with van der Waals surface area (Å²) in [5.41, 5.74) is -0.456. The quantitative estimate of drug-likeness (QED) is 0.307. The van der Waals surface area contributed by atoms with Crippen molar-refractivity contribution in [2.45, 2.75) is 71.3 Å². The number of nitrogens with zero attached hydrogens (tertiary/aromatic N) is 2. The van der Waals surface area contributed by atoms with Crippen molar-refractivity contribution in [2.24, 2.45) is 4.99 Å². The molecule has 0 aromatic rings. The number of alkyl carbamates (subject to hydrolysis) is 1. The summed E-state index contributed by atoms with van der Waals surface area (Å²) >= 11 is 0. The van der Waals surface area contributed by atoms with Gasteiger partial charge in [-0.2, -0.15) is 0 Å². The molecule has 0 radical (unpaired) electrons. The molecule has 0 spiro atoms. The molecule has 158 valence electrons. The van der Waals surface area contributed by atoms with E-state index < -0.39 is 5.60 Å². The minimum Gasteiger partial charge on any atom is -0.444 e. The second-order valence-corrected chi connectivity index (χ2v) is 8.17. The highest BCUT2D eigenvalue weighted by Gasteiger charge is 2.15. The van der Waals surface area contributed by atoms with Gasteiger partial charge in [0.05, 0.1) is 0 Å². The molecule has 0 saturated carbocycles. The molecule has 1 saturated heterocycles. The number of rotatable bonds is 10. The molecular formula is C20H41N5O2. The summed E-state index contributed by atoms with van der Waals surface area (Å²) in [6, 6.07) is 0. The fourth-order valence-corrected chi connectivity index (χ4v) is 3.05. The van der Waals surface area contributed by atoms with E-state index in [1.165, 1.54) is 51.7 Å². The molecule has 1 aliphatic heterocycles. The molecule has 1 aliphatic rings. The van der Waals surface area contributed by atoms with Gasteiger partial charge in [-0.05, 0) is 72.5 Å². The number of nitrogens with one attached hydrogen (secondary N) is 3. The van der Waals surface area contributed by atoms with Crippen LogP contribution in [0.2, 0.25) is 0 Å². The zero-order valence-electron chi connectivity index (χ0n) is 17.9. The van der Waals surface area contributed by atoms with Gasteiger partial charge in [0.1, 0.15) is 5.60 Å². The number of likely N-dealkylation sites (tertiary alicyclic amines) is 1. The van der Waals surface area contributed by atoms with Crippen LogP contribution in [0.3, 0.4) is 0 Å². The third-order valence-corrected chi connectivity index (χ3v) is 4.43. The number of hydrogen-bond donors (Lipinski definition) is 3. The van der Waals surface area contributed by atoms with Crippen LogP contribution in [0.1, 0.15) is 65.7 Å². The number of piperidine rings is 1. The van der Waals surface area contributed by atoms with Crippen LogP contribution in [0.4, 0.5) is 4.79 Å². The van der Waals surface area contributed by atoms with Gasteiger partial charge in [-0.15, -0.1) is 0 Å². The van der Waals surface area contributed by atoms with Gasteiger partial charge in [0.15, 0.2) is 5.96 Å². The Balaban J connectivity index is 1.96. The molecule has 1 rings (SSSR count). The molecule has 0 aromatic heterocycles. The Morgan fingerprint density at radius 3 is 2.19 bits per heavy atom. The summed E-state index contributed by atoms with van der Waals surface area (Å²) in [5.74, 6) is 0.822. The summed E-state index contributed by atoms with van der Waals surface area (Å²) in [5, 5.41) is 9.38. The fourth-order valence-electron chi connectivity index (χ4n) is 3.05. The molecule has 0 bridgehead atoms. The lowest BCUT2D eigenvalue weighted by Crippen LogP contribution is -2.39. The summed E-state index contributed by atoms with van der Waals surface area (Å²) in [6.07, 6.45) is 8.29. The first-order chi connectivity index (χ1) is 12.9. The minimum atomic E-state index is -0.456. The molecule has 0 aromatic carbocycles. The molecule has 0 unspecified atom stereocenters. The highest BCUT2D eigenvalue weighted by molar-refractivity contribution is 5.79. The third-order valence-electron chi connectivity index (χ3n) is 4.43. The zero-order valence-corrected chi connectivity index (χ0v) is 17.9. The molecule has 7 nitrogen and oxygen atoms in total. The van der Waals surface area contributed by atoms with E-state index in [1.54, 1.807) is 7.05 Å². The van der Waals surface area contributed by atoms with Gasteiger partial charge in [0.2, 0.25) is 0 Å². The first-order valence-corrected chi connectivity index (χ1v) is 10.5. The number of amides is 1. The Labute approximate surface area is 165 Å². The van der Waals surface area contributed by atoms with E-state index in [0.29, 0.717) is 6.54 Å². The fraction of sp³-hybridized carbons (Fsp3) is 0.900. The maximum atomic E-state index is 11.5. The van der Waals surface area contributed by atoms with Crippen molar-refractivity contribution in [1.82, 2.24) is 20.9 Å². The van der Waals surface area contributed by atoms with E-state index in [1.807, 2.05) is 20.8 Å². The average Bonchev–Trinajstić information content (AvgIpc) is 2.62. The second-order valence-electron chi connectivity index (χ2n) is 8.17. The first kappa shape index (κ1) is 23.5. The number of aliphatic imine (C=N–C) groups is 1. The summed E-state index contributed by atoms with van der Waals surface area (Å²) in [6.45, 7) is 11.7. The monoisotopic (exact) mass is 383 g/mol. The molecule has 0 atom stereocenters. The molecule has 3 N–H and O–H groups in total. The molecule has 1 amide bonds. The van der Waals surface area contributed by atoms with E-state index in [2.05, 4.69) is 25.8 Å². The van der Waals surface area contributed by atoms with Gasteiger partial charge in [-0.1, -0.05) is 12.8 Å². The number of guanidine groups is 1. The van der Waals surface area contributed by atoms with Crippen molar-refractivity contribution < 1.29 is 9.53 Å². The minimum absolute atomic E-state index is 0.366. The van der Waals surface area contributed by atoms with E-state index in [9.17, 15) is 4.79 Å². The van der Waals surface area contributed by atoms with Crippen molar-refractivity contribution in [1.29, 1.82) is 0 Å². The lowest BCUT2D eigenvalue weighted by Gasteiger charge is -2.26. The predicted molar refractivity (Wildman–Crippen MR) is 112 cm³/mol. The van der Waals surface area contributed by atoms with Gasteiger partial charge in [-0.3, -0.25) is 4.99 Å². The maximum Gasteiger partial charge on any atom is 0.407 e. The SMILES string of the molecule is CN=C(NCCCCCN1CCCCC1)NCCCNC(=O)OC(C)(C)C. The van der Waals surface area contributed by atoms with Crippen molar-refractivity contribution in [3.8, 4) is 0 Å². The Morgan fingerprint density at radius 2 is 1.56 bits per heavy atom. The summed E-state index contributed by atoms with van der Waals surface area (Å²) in [7, 11) is 1.78. The lowest BCUT2D eigenvalue weighted by atomic mass is 10.1. The molecular weight excluding hydrogens is 342 g/mol. The first-order valence-electron chi connectivity index (χ1n) is 10.5. The zero-order chi connectivity index (χ0) is 20.0. The Morgan fingerprint density at radius 1 is 0.926 bits per heavy atom. The highest BCUT2D eigenvalue weighted by Crippen LogP contribution is 2.09. The van der Waals surface area contributed by atoms with Crippen LogP contribution < -0.4 is 16.0 Å². The van der Waals surface area contributed by atoms with Gasteiger partial charge in [0, 0.05) is 26.7 Å². The topological polar surface area (TPSA) is 78.0 Å². The number of ether oxygens (including phenoxy) is 1. The van der Waals surface area contributed by atoms with E-state index >= 15 is 0 Å². The lowest BCUT2D eigenvalue weighted by molar-refractivity contribution is 0.0527. The van der Waals surface area contributed by atoms with Crippen LogP contribution in [0, 0.1) is 0 Å². The third kappa shape index (κ3) is 13.3. The van der Waals surface area contributed by atoms with Crippen molar-refractivity contribution in [3.63, 3.8) is 0 Å².